The summed E-state index contributed by atoms with van der Waals surface area (Å²) in [6, 6.07) is 6.34. The monoisotopic (exact) mass is 200 g/mol. The summed E-state index contributed by atoms with van der Waals surface area (Å²) in [7, 11) is 0. The van der Waals surface area contributed by atoms with E-state index in [4.69, 9.17) is 0 Å². The average Bonchev–Trinajstić information content (AvgIpc) is 2.82. The van der Waals surface area contributed by atoms with Crippen LogP contribution in [0.25, 0.3) is 5.69 Å². The standard InChI is InChI=1S/C11H12N4/c1-2-9-6-12-5-4-10(9)11(3-1)15-8-13-7-14-15/h1-3,7-8,12H,4-6H2. The van der Waals surface area contributed by atoms with E-state index in [9.17, 15) is 0 Å². The fourth-order valence-electron chi connectivity index (χ4n) is 2.06. The molecule has 15 heavy (non-hydrogen) atoms. The van der Waals surface area contributed by atoms with Crippen molar-refractivity contribution in [3.8, 4) is 5.69 Å². The third-order valence-electron chi connectivity index (χ3n) is 2.78. The molecule has 4 heteroatoms. The maximum atomic E-state index is 4.18. The lowest BCUT2D eigenvalue weighted by Gasteiger charge is -2.19. The van der Waals surface area contributed by atoms with E-state index in [-0.39, 0.29) is 0 Å². The molecule has 0 atom stereocenters. The van der Waals surface area contributed by atoms with Crippen LogP contribution < -0.4 is 5.32 Å². The minimum Gasteiger partial charge on any atom is -0.312 e. The van der Waals surface area contributed by atoms with E-state index in [1.165, 1.54) is 11.1 Å². The van der Waals surface area contributed by atoms with Crippen molar-refractivity contribution in [3.63, 3.8) is 0 Å². The lowest BCUT2D eigenvalue weighted by Crippen LogP contribution is -2.24. The second kappa shape index (κ2) is 3.47. The highest BCUT2D eigenvalue weighted by Gasteiger charge is 2.13. The first kappa shape index (κ1) is 8.61. The van der Waals surface area contributed by atoms with Crippen molar-refractivity contribution in [1.82, 2.24) is 20.1 Å². The third-order valence-corrected chi connectivity index (χ3v) is 2.78. The van der Waals surface area contributed by atoms with E-state index >= 15 is 0 Å². The molecule has 1 N–H and O–H groups in total. The van der Waals surface area contributed by atoms with Gasteiger partial charge in [0.1, 0.15) is 12.7 Å². The molecule has 0 bridgehead atoms. The largest absolute Gasteiger partial charge is 0.312 e. The summed E-state index contributed by atoms with van der Waals surface area (Å²) in [5.74, 6) is 0. The van der Waals surface area contributed by atoms with Gasteiger partial charge in [-0.2, -0.15) is 5.10 Å². The van der Waals surface area contributed by atoms with Gasteiger partial charge >= 0.3 is 0 Å². The normalized spacial score (nSPS) is 14.9. The summed E-state index contributed by atoms with van der Waals surface area (Å²) in [6.45, 7) is 2.00. The third kappa shape index (κ3) is 1.43. The molecule has 3 rings (SSSR count). The van der Waals surface area contributed by atoms with Gasteiger partial charge in [-0.15, -0.1) is 0 Å². The van der Waals surface area contributed by atoms with Gasteiger partial charge in [0.15, 0.2) is 0 Å². The molecular weight excluding hydrogens is 188 g/mol. The molecule has 76 valence electrons. The highest BCUT2D eigenvalue weighted by Crippen LogP contribution is 2.20. The van der Waals surface area contributed by atoms with Crippen LogP contribution in [0.1, 0.15) is 11.1 Å². The molecule has 0 saturated carbocycles. The molecule has 0 aliphatic carbocycles. The van der Waals surface area contributed by atoms with Gasteiger partial charge in [-0.3, -0.25) is 0 Å². The summed E-state index contributed by atoms with van der Waals surface area (Å²) in [5.41, 5.74) is 3.92. The molecule has 0 unspecified atom stereocenters. The molecule has 0 saturated heterocycles. The zero-order valence-corrected chi connectivity index (χ0v) is 8.35. The van der Waals surface area contributed by atoms with E-state index in [0.29, 0.717) is 0 Å². The quantitative estimate of drug-likeness (QED) is 0.744. The van der Waals surface area contributed by atoms with Crippen LogP contribution in [0.15, 0.2) is 30.9 Å². The Labute approximate surface area is 88.0 Å². The van der Waals surface area contributed by atoms with Gasteiger partial charge in [0.25, 0.3) is 0 Å². The number of fused-ring (bicyclic) bond motifs is 1. The molecular formula is C11H12N4. The van der Waals surface area contributed by atoms with Crippen molar-refractivity contribution in [1.29, 1.82) is 0 Å². The van der Waals surface area contributed by atoms with E-state index in [1.807, 2.05) is 4.68 Å². The number of hydrogen-bond acceptors (Lipinski definition) is 3. The van der Waals surface area contributed by atoms with Gasteiger partial charge in [0.05, 0.1) is 5.69 Å². The number of aromatic nitrogens is 3. The molecule has 0 spiro atoms. The Kier molecular flexibility index (Phi) is 1.99. The van der Waals surface area contributed by atoms with Crippen LogP contribution in [-0.2, 0) is 13.0 Å². The molecule has 0 radical (unpaired) electrons. The van der Waals surface area contributed by atoms with E-state index in [1.54, 1.807) is 12.7 Å². The minimum atomic E-state index is 0.956. The number of benzene rings is 1. The molecule has 2 heterocycles. The van der Waals surface area contributed by atoms with Gasteiger partial charge in [-0.25, -0.2) is 9.67 Å². The zero-order chi connectivity index (χ0) is 10.1. The smallest absolute Gasteiger partial charge is 0.138 e. The van der Waals surface area contributed by atoms with Gasteiger partial charge in [-0.1, -0.05) is 12.1 Å². The van der Waals surface area contributed by atoms with Crippen LogP contribution >= 0.6 is 0 Å². The predicted molar refractivity (Wildman–Crippen MR) is 56.8 cm³/mol. The van der Waals surface area contributed by atoms with E-state index in [0.717, 1.165) is 25.2 Å². The van der Waals surface area contributed by atoms with Gasteiger partial charge in [0, 0.05) is 6.54 Å². The number of nitrogens with zero attached hydrogens (tertiary/aromatic N) is 3. The van der Waals surface area contributed by atoms with Crippen molar-refractivity contribution in [2.45, 2.75) is 13.0 Å². The SMILES string of the molecule is c1cc2c(c(-n3cncn3)c1)CCNC2. The molecule has 0 amide bonds. The van der Waals surface area contributed by atoms with Crippen LogP contribution in [0.2, 0.25) is 0 Å². The van der Waals surface area contributed by atoms with Crippen LogP contribution in [0, 0.1) is 0 Å². The number of nitrogens with one attached hydrogen (secondary N) is 1. The Bertz CT molecular complexity index is 461. The lowest BCUT2D eigenvalue weighted by atomic mass is 9.99. The molecule has 1 aliphatic heterocycles. The van der Waals surface area contributed by atoms with Crippen molar-refractivity contribution in [2.24, 2.45) is 0 Å². The van der Waals surface area contributed by atoms with Crippen molar-refractivity contribution >= 4 is 0 Å². The van der Waals surface area contributed by atoms with Crippen molar-refractivity contribution in [3.05, 3.63) is 42.0 Å². The van der Waals surface area contributed by atoms with Gasteiger partial charge in [-0.05, 0) is 30.2 Å². The summed E-state index contributed by atoms with van der Waals surface area (Å²) in [5, 5.41) is 7.55. The summed E-state index contributed by atoms with van der Waals surface area (Å²) in [6.07, 6.45) is 4.38. The minimum absolute atomic E-state index is 0.956. The molecule has 4 nitrogen and oxygen atoms in total. The lowest BCUT2D eigenvalue weighted by molar-refractivity contribution is 0.638. The maximum absolute atomic E-state index is 4.18. The van der Waals surface area contributed by atoms with Crippen LogP contribution in [-0.4, -0.2) is 21.3 Å². The second-order valence-corrected chi connectivity index (χ2v) is 3.68. The first-order valence-electron chi connectivity index (χ1n) is 5.11. The van der Waals surface area contributed by atoms with Crippen molar-refractivity contribution in [2.75, 3.05) is 6.54 Å². The Morgan fingerprint density at radius 3 is 3.20 bits per heavy atom. The fourth-order valence-corrected chi connectivity index (χ4v) is 2.06. The second-order valence-electron chi connectivity index (χ2n) is 3.68. The maximum Gasteiger partial charge on any atom is 0.138 e. The Morgan fingerprint density at radius 1 is 1.33 bits per heavy atom. The first-order valence-corrected chi connectivity index (χ1v) is 5.11. The zero-order valence-electron chi connectivity index (χ0n) is 8.35. The van der Waals surface area contributed by atoms with Crippen LogP contribution in [0.4, 0.5) is 0 Å². The molecule has 1 aromatic carbocycles. The topological polar surface area (TPSA) is 42.7 Å². The fraction of sp³-hybridized carbons (Fsp3) is 0.273. The van der Waals surface area contributed by atoms with Gasteiger partial charge in [0.2, 0.25) is 0 Å². The first-order chi connectivity index (χ1) is 7.45. The van der Waals surface area contributed by atoms with Crippen molar-refractivity contribution < 1.29 is 0 Å². The molecule has 2 aromatic rings. The Hall–Kier alpha value is -1.68. The highest BCUT2D eigenvalue weighted by atomic mass is 15.3. The summed E-state index contributed by atoms with van der Waals surface area (Å²) in [4.78, 5) is 3.98. The summed E-state index contributed by atoms with van der Waals surface area (Å²) < 4.78 is 1.84. The predicted octanol–water partition coefficient (Wildman–Crippen LogP) is 0.913. The Balaban J connectivity index is 2.15. The molecule has 0 fully saturated rings. The number of hydrogen-bond donors (Lipinski definition) is 1. The average molecular weight is 200 g/mol. The van der Waals surface area contributed by atoms with E-state index in [2.05, 4.69) is 33.6 Å². The Morgan fingerprint density at radius 2 is 2.33 bits per heavy atom. The molecule has 1 aliphatic rings. The van der Waals surface area contributed by atoms with Crippen LogP contribution in [0.3, 0.4) is 0 Å². The number of rotatable bonds is 1. The summed E-state index contributed by atoms with van der Waals surface area (Å²) >= 11 is 0. The highest BCUT2D eigenvalue weighted by molar-refractivity contribution is 5.46. The van der Waals surface area contributed by atoms with Crippen LogP contribution in [0.5, 0.6) is 0 Å². The van der Waals surface area contributed by atoms with E-state index < -0.39 is 0 Å². The van der Waals surface area contributed by atoms with Gasteiger partial charge < -0.3 is 5.32 Å². The molecule has 1 aromatic heterocycles.